The summed E-state index contributed by atoms with van der Waals surface area (Å²) in [6, 6.07) is 10.1. The van der Waals surface area contributed by atoms with Gasteiger partial charge in [0, 0.05) is 26.2 Å². The zero-order valence-electron chi connectivity index (χ0n) is 14.7. The summed E-state index contributed by atoms with van der Waals surface area (Å²) in [6.07, 6.45) is 4.95. The monoisotopic (exact) mass is 342 g/mol. The van der Waals surface area contributed by atoms with Gasteiger partial charge in [0.15, 0.2) is 0 Å². The molecular formula is C20H26N2O3. The molecule has 0 saturated carbocycles. The van der Waals surface area contributed by atoms with Gasteiger partial charge in [0.25, 0.3) is 5.91 Å². The van der Waals surface area contributed by atoms with E-state index in [2.05, 4.69) is 12.1 Å². The van der Waals surface area contributed by atoms with Crippen molar-refractivity contribution in [2.24, 2.45) is 0 Å². The van der Waals surface area contributed by atoms with Gasteiger partial charge in [-0.05, 0) is 37.7 Å². The van der Waals surface area contributed by atoms with Gasteiger partial charge in [-0.3, -0.25) is 9.59 Å². The van der Waals surface area contributed by atoms with Crippen molar-refractivity contribution in [3.8, 4) is 0 Å². The lowest BCUT2D eigenvalue weighted by Crippen LogP contribution is -2.58. The highest BCUT2D eigenvalue weighted by Crippen LogP contribution is 2.39. The largest absolute Gasteiger partial charge is 0.368 e. The highest BCUT2D eigenvalue weighted by molar-refractivity contribution is 5.86. The number of nitrogens with zero attached hydrogens (tertiary/aromatic N) is 2. The number of carbonyl (C=O) groups is 2. The van der Waals surface area contributed by atoms with Crippen molar-refractivity contribution in [1.29, 1.82) is 0 Å². The van der Waals surface area contributed by atoms with E-state index in [0.717, 1.165) is 44.2 Å². The minimum absolute atomic E-state index is 0.103. The van der Waals surface area contributed by atoms with Crippen LogP contribution in [0.5, 0.6) is 0 Å². The third-order valence-electron chi connectivity index (χ3n) is 5.85. The Bertz CT molecular complexity index is 642. The minimum atomic E-state index is -0.326. The molecular weight excluding hydrogens is 316 g/mol. The average Bonchev–Trinajstić information content (AvgIpc) is 3.25. The number of hydrogen-bond acceptors (Lipinski definition) is 3. The number of piperidine rings is 1. The lowest BCUT2D eigenvalue weighted by Gasteiger charge is -2.45. The summed E-state index contributed by atoms with van der Waals surface area (Å²) in [5.41, 5.74) is 0.813. The normalized spacial score (nSPS) is 29.6. The van der Waals surface area contributed by atoms with E-state index in [9.17, 15) is 9.59 Å². The van der Waals surface area contributed by atoms with E-state index in [0.29, 0.717) is 26.1 Å². The van der Waals surface area contributed by atoms with Crippen LogP contribution >= 0.6 is 0 Å². The summed E-state index contributed by atoms with van der Waals surface area (Å²) in [7, 11) is 0. The molecule has 0 N–H and O–H groups in total. The molecule has 0 bridgehead atoms. The quantitative estimate of drug-likeness (QED) is 0.847. The fourth-order valence-corrected chi connectivity index (χ4v) is 4.58. The summed E-state index contributed by atoms with van der Waals surface area (Å²) in [6.45, 7) is 2.71. The molecule has 5 heteroatoms. The van der Waals surface area contributed by atoms with Gasteiger partial charge in [-0.25, -0.2) is 0 Å². The Morgan fingerprint density at radius 3 is 2.80 bits per heavy atom. The fraction of sp³-hybridized carbons (Fsp3) is 0.600. The van der Waals surface area contributed by atoms with Crippen LogP contribution in [0.25, 0.3) is 0 Å². The Labute approximate surface area is 148 Å². The van der Waals surface area contributed by atoms with Gasteiger partial charge in [-0.2, -0.15) is 0 Å². The molecule has 0 aliphatic carbocycles. The molecule has 4 rings (SSSR count). The maximum absolute atomic E-state index is 13.0. The minimum Gasteiger partial charge on any atom is -0.368 e. The van der Waals surface area contributed by atoms with Crippen LogP contribution in [0.1, 0.15) is 44.1 Å². The number of rotatable bonds is 3. The van der Waals surface area contributed by atoms with Crippen molar-refractivity contribution >= 4 is 11.8 Å². The van der Waals surface area contributed by atoms with Gasteiger partial charge < -0.3 is 14.5 Å². The summed E-state index contributed by atoms with van der Waals surface area (Å²) in [5, 5.41) is 0. The van der Waals surface area contributed by atoms with Crippen molar-refractivity contribution < 1.29 is 14.3 Å². The van der Waals surface area contributed by atoms with Gasteiger partial charge in [0.05, 0.1) is 12.0 Å². The first-order valence-corrected chi connectivity index (χ1v) is 9.43. The van der Waals surface area contributed by atoms with Crippen LogP contribution < -0.4 is 0 Å². The Kier molecular flexibility index (Phi) is 4.50. The van der Waals surface area contributed by atoms with E-state index in [1.54, 1.807) is 0 Å². The van der Waals surface area contributed by atoms with Crippen molar-refractivity contribution in [3.63, 3.8) is 0 Å². The van der Waals surface area contributed by atoms with Gasteiger partial charge in [0.1, 0.15) is 6.10 Å². The molecule has 1 aromatic rings. The Morgan fingerprint density at radius 1 is 1.20 bits per heavy atom. The molecule has 2 atom stereocenters. The maximum atomic E-state index is 13.0. The molecule has 3 aliphatic rings. The van der Waals surface area contributed by atoms with E-state index in [-0.39, 0.29) is 23.5 Å². The van der Waals surface area contributed by atoms with Crippen LogP contribution in [0, 0.1) is 0 Å². The summed E-state index contributed by atoms with van der Waals surface area (Å²) < 4.78 is 5.63. The zero-order chi connectivity index (χ0) is 17.3. The van der Waals surface area contributed by atoms with Crippen LogP contribution in [0.4, 0.5) is 0 Å². The van der Waals surface area contributed by atoms with Crippen molar-refractivity contribution in [2.75, 3.05) is 19.7 Å². The van der Waals surface area contributed by atoms with Gasteiger partial charge in [-0.1, -0.05) is 30.3 Å². The molecule has 25 heavy (non-hydrogen) atoms. The van der Waals surface area contributed by atoms with Crippen LogP contribution in [-0.4, -0.2) is 53.0 Å². The third kappa shape index (κ3) is 3.17. The Hall–Kier alpha value is -1.88. The van der Waals surface area contributed by atoms with E-state index in [4.69, 9.17) is 4.74 Å². The third-order valence-corrected chi connectivity index (χ3v) is 5.85. The number of benzene rings is 1. The van der Waals surface area contributed by atoms with E-state index < -0.39 is 0 Å². The molecule has 3 heterocycles. The molecule has 3 aliphatic heterocycles. The highest BCUT2D eigenvalue weighted by atomic mass is 16.5. The van der Waals surface area contributed by atoms with Crippen LogP contribution in [0.3, 0.4) is 0 Å². The molecule has 2 unspecified atom stereocenters. The molecule has 134 valence electrons. The Morgan fingerprint density at radius 2 is 2.04 bits per heavy atom. The fourth-order valence-electron chi connectivity index (χ4n) is 4.58. The highest BCUT2D eigenvalue weighted by Gasteiger charge is 2.51. The molecule has 5 nitrogen and oxygen atoms in total. The number of ether oxygens (including phenoxy) is 1. The van der Waals surface area contributed by atoms with Gasteiger partial charge in [0.2, 0.25) is 5.91 Å². The first kappa shape index (κ1) is 16.6. The first-order valence-electron chi connectivity index (χ1n) is 9.43. The van der Waals surface area contributed by atoms with Gasteiger partial charge >= 0.3 is 0 Å². The molecule has 1 spiro atoms. The lowest BCUT2D eigenvalue weighted by atomic mass is 9.85. The van der Waals surface area contributed by atoms with Crippen molar-refractivity contribution in [2.45, 2.75) is 56.7 Å². The molecule has 3 saturated heterocycles. The molecule has 1 aromatic carbocycles. The standard InChI is InChI=1S/C20H26N2O3/c23-18-13-20(15-21(18)14-16-7-2-1-3-8-16)10-4-5-11-22(20)19(24)17-9-6-12-25-17/h1-3,7-8,17H,4-6,9-15H2. The number of carbonyl (C=O) groups excluding carboxylic acids is 2. The average molecular weight is 342 g/mol. The van der Waals surface area contributed by atoms with Crippen LogP contribution in [0.15, 0.2) is 30.3 Å². The molecule has 0 aromatic heterocycles. The SMILES string of the molecule is O=C1CC2(CCCCN2C(=O)C2CCCO2)CN1Cc1ccccc1. The summed E-state index contributed by atoms with van der Waals surface area (Å²) in [5.74, 6) is 0.266. The predicted molar refractivity (Wildman–Crippen MR) is 93.7 cm³/mol. The topological polar surface area (TPSA) is 49.9 Å². The van der Waals surface area contributed by atoms with Crippen LogP contribution in [-0.2, 0) is 20.9 Å². The first-order chi connectivity index (χ1) is 12.2. The maximum Gasteiger partial charge on any atom is 0.252 e. The smallest absolute Gasteiger partial charge is 0.252 e. The molecule has 2 amide bonds. The second-order valence-corrected chi connectivity index (χ2v) is 7.59. The second kappa shape index (κ2) is 6.79. The number of amides is 2. The second-order valence-electron chi connectivity index (χ2n) is 7.59. The van der Waals surface area contributed by atoms with Gasteiger partial charge in [-0.15, -0.1) is 0 Å². The van der Waals surface area contributed by atoms with E-state index in [1.807, 2.05) is 28.0 Å². The zero-order valence-corrected chi connectivity index (χ0v) is 14.7. The van der Waals surface area contributed by atoms with Crippen LogP contribution in [0.2, 0.25) is 0 Å². The summed E-state index contributed by atoms with van der Waals surface area (Å²) >= 11 is 0. The summed E-state index contributed by atoms with van der Waals surface area (Å²) in [4.78, 5) is 29.6. The lowest BCUT2D eigenvalue weighted by molar-refractivity contribution is -0.149. The number of likely N-dealkylation sites (tertiary alicyclic amines) is 2. The van der Waals surface area contributed by atoms with Crippen molar-refractivity contribution in [1.82, 2.24) is 9.80 Å². The predicted octanol–water partition coefficient (Wildman–Crippen LogP) is 2.35. The molecule has 3 fully saturated rings. The number of hydrogen-bond donors (Lipinski definition) is 0. The van der Waals surface area contributed by atoms with Crippen molar-refractivity contribution in [3.05, 3.63) is 35.9 Å². The van der Waals surface area contributed by atoms with E-state index >= 15 is 0 Å². The Balaban J connectivity index is 1.52. The van der Waals surface area contributed by atoms with E-state index in [1.165, 1.54) is 0 Å². The molecule has 0 radical (unpaired) electrons.